The smallest absolute Gasteiger partial charge is 0.354 e. The van der Waals surface area contributed by atoms with Crippen LogP contribution >= 0.6 is 0 Å². The van der Waals surface area contributed by atoms with Gasteiger partial charge in [-0.1, -0.05) is 23.4 Å². The largest absolute Gasteiger partial charge is 0.406 e. The van der Waals surface area contributed by atoms with Crippen LogP contribution in [0, 0.1) is 13.8 Å². The molecule has 9 heteroatoms. The van der Waals surface area contributed by atoms with Crippen LogP contribution in [0.4, 0.5) is 19.0 Å². The summed E-state index contributed by atoms with van der Waals surface area (Å²) < 4.78 is 45.6. The first-order valence-corrected chi connectivity index (χ1v) is 11.7. The number of hydrogen-bond acceptors (Lipinski definition) is 5. The fraction of sp³-hybridized carbons (Fsp3) is 0.385. The van der Waals surface area contributed by atoms with E-state index in [0.29, 0.717) is 16.5 Å². The highest BCUT2D eigenvalue weighted by Gasteiger charge is 2.30. The Morgan fingerprint density at radius 2 is 1.71 bits per heavy atom. The zero-order valence-corrected chi connectivity index (χ0v) is 19.7. The third kappa shape index (κ3) is 4.65. The SMILES string of the molecule is Cc1c(C)c2cc(CCN3CCN(c4noc5ccccc45)CC3)ccc2n(CC(F)(F)F)c1=O. The number of piperazine rings is 1. The van der Waals surface area contributed by atoms with Gasteiger partial charge in [0.2, 0.25) is 0 Å². The number of fused-ring (bicyclic) bond motifs is 2. The highest BCUT2D eigenvalue weighted by atomic mass is 19.4. The Kier molecular flexibility index (Phi) is 6.04. The molecule has 0 bridgehead atoms. The maximum Gasteiger partial charge on any atom is 0.406 e. The van der Waals surface area contributed by atoms with E-state index in [1.807, 2.05) is 36.4 Å². The van der Waals surface area contributed by atoms with E-state index in [1.54, 1.807) is 19.9 Å². The van der Waals surface area contributed by atoms with Crippen LogP contribution in [0.3, 0.4) is 0 Å². The number of alkyl halides is 3. The van der Waals surface area contributed by atoms with Gasteiger partial charge in [0.05, 0.1) is 10.9 Å². The van der Waals surface area contributed by atoms with Crippen LogP contribution in [0.5, 0.6) is 0 Å². The molecule has 0 atom stereocenters. The van der Waals surface area contributed by atoms with Gasteiger partial charge in [0.15, 0.2) is 11.4 Å². The van der Waals surface area contributed by atoms with E-state index in [0.717, 1.165) is 71.6 Å². The lowest BCUT2D eigenvalue weighted by molar-refractivity contribution is -0.140. The molecule has 0 aliphatic carbocycles. The molecule has 1 aliphatic rings. The molecule has 1 fully saturated rings. The summed E-state index contributed by atoms with van der Waals surface area (Å²) in [4.78, 5) is 17.1. The van der Waals surface area contributed by atoms with Crippen molar-refractivity contribution in [3.8, 4) is 0 Å². The lowest BCUT2D eigenvalue weighted by Gasteiger charge is -2.34. The van der Waals surface area contributed by atoms with E-state index in [4.69, 9.17) is 4.52 Å². The number of benzene rings is 2. The van der Waals surface area contributed by atoms with Gasteiger partial charge in [-0.3, -0.25) is 14.3 Å². The van der Waals surface area contributed by atoms with Gasteiger partial charge in [-0.25, -0.2) is 0 Å². The molecule has 4 aromatic rings. The highest BCUT2D eigenvalue weighted by Crippen LogP contribution is 2.27. The lowest BCUT2D eigenvalue weighted by atomic mass is 10.0. The fourth-order valence-electron chi connectivity index (χ4n) is 4.86. The molecule has 6 nitrogen and oxygen atoms in total. The Balaban J connectivity index is 1.28. The summed E-state index contributed by atoms with van der Waals surface area (Å²) in [6, 6.07) is 13.3. The molecule has 1 aliphatic heterocycles. The van der Waals surface area contributed by atoms with Crippen LogP contribution in [-0.4, -0.2) is 53.5 Å². The number of halogens is 3. The molecular weight excluding hydrogens is 457 g/mol. The topological polar surface area (TPSA) is 54.5 Å². The van der Waals surface area contributed by atoms with E-state index >= 15 is 0 Å². The molecule has 0 unspecified atom stereocenters. The summed E-state index contributed by atoms with van der Waals surface area (Å²) in [5.74, 6) is 0.880. The third-order valence-electron chi connectivity index (χ3n) is 6.97. The summed E-state index contributed by atoms with van der Waals surface area (Å²) in [6.07, 6.45) is -3.68. The first-order valence-electron chi connectivity index (χ1n) is 11.7. The molecule has 3 heterocycles. The number of nitrogens with zero attached hydrogens (tertiary/aromatic N) is 4. The van der Waals surface area contributed by atoms with Crippen molar-refractivity contribution in [3.63, 3.8) is 0 Å². The molecule has 184 valence electrons. The molecule has 5 rings (SSSR count). The van der Waals surface area contributed by atoms with Crippen molar-refractivity contribution in [1.82, 2.24) is 14.6 Å². The molecule has 1 saturated heterocycles. The maximum absolute atomic E-state index is 13.1. The van der Waals surface area contributed by atoms with Crippen molar-refractivity contribution in [2.75, 3.05) is 37.6 Å². The molecule has 0 amide bonds. The second-order valence-corrected chi connectivity index (χ2v) is 9.19. The Morgan fingerprint density at radius 1 is 0.971 bits per heavy atom. The monoisotopic (exact) mass is 484 g/mol. The first kappa shape index (κ1) is 23.4. The second kappa shape index (κ2) is 9.03. The van der Waals surface area contributed by atoms with Crippen molar-refractivity contribution in [2.24, 2.45) is 0 Å². The molecule has 2 aromatic heterocycles. The first-order chi connectivity index (χ1) is 16.7. The number of pyridine rings is 1. The van der Waals surface area contributed by atoms with E-state index in [-0.39, 0.29) is 0 Å². The molecule has 2 aromatic carbocycles. The Bertz CT molecular complexity index is 1430. The predicted octanol–water partition coefficient (Wildman–Crippen LogP) is 4.69. The average molecular weight is 485 g/mol. The number of para-hydroxylation sites is 1. The van der Waals surface area contributed by atoms with Gasteiger partial charge >= 0.3 is 6.18 Å². The zero-order valence-electron chi connectivity index (χ0n) is 19.7. The van der Waals surface area contributed by atoms with E-state index < -0.39 is 18.3 Å². The van der Waals surface area contributed by atoms with Crippen LogP contribution in [-0.2, 0) is 13.0 Å². The maximum atomic E-state index is 13.1. The normalized spacial score (nSPS) is 15.4. The van der Waals surface area contributed by atoms with E-state index in [9.17, 15) is 18.0 Å². The third-order valence-corrected chi connectivity index (χ3v) is 6.97. The Morgan fingerprint density at radius 3 is 2.46 bits per heavy atom. The number of rotatable bonds is 5. The average Bonchev–Trinajstić information content (AvgIpc) is 3.28. The molecule has 0 saturated carbocycles. The van der Waals surface area contributed by atoms with Gasteiger partial charge in [-0.15, -0.1) is 0 Å². The van der Waals surface area contributed by atoms with Gasteiger partial charge in [-0.05, 0) is 55.7 Å². The van der Waals surface area contributed by atoms with Crippen molar-refractivity contribution < 1.29 is 17.7 Å². The standard InChI is InChI=1S/C26H27F3N4O2/c1-17-18(2)25(34)33(16-26(27,28)29)22-8-7-19(15-21(17)22)9-10-31-11-13-32(14-12-31)24-20-5-3-4-6-23(20)35-30-24/h3-8,15H,9-14,16H2,1-2H3. The minimum absolute atomic E-state index is 0.327. The van der Waals surface area contributed by atoms with Crippen LogP contribution in [0.1, 0.15) is 16.7 Å². The van der Waals surface area contributed by atoms with E-state index in [2.05, 4.69) is 15.0 Å². The number of aromatic nitrogens is 2. The van der Waals surface area contributed by atoms with Crippen molar-refractivity contribution >= 4 is 27.7 Å². The van der Waals surface area contributed by atoms with Gasteiger partial charge in [-0.2, -0.15) is 13.2 Å². The molecular formula is C26H27F3N4O2. The summed E-state index contributed by atoms with van der Waals surface area (Å²) >= 11 is 0. The van der Waals surface area contributed by atoms with Gasteiger partial charge < -0.3 is 9.42 Å². The van der Waals surface area contributed by atoms with Crippen molar-refractivity contribution in [2.45, 2.75) is 33.0 Å². The minimum atomic E-state index is -4.46. The van der Waals surface area contributed by atoms with Gasteiger partial charge in [0, 0.05) is 43.7 Å². The number of hydrogen-bond donors (Lipinski definition) is 0. The van der Waals surface area contributed by atoms with Crippen molar-refractivity contribution in [3.05, 3.63) is 69.5 Å². The summed E-state index contributed by atoms with van der Waals surface area (Å²) in [5, 5.41) is 5.98. The summed E-state index contributed by atoms with van der Waals surface area (Å²) in [5.41, 5.74) is 2.66. The lowest BCUT2D eigenvalue weighted by Crippen LogP contribution is -2.47. The van der Waals surface area contributed by atoms with Crippen LogP contribution < -0.4 is 10.5 Å². The fourth-order valence-corrected chi connectivity index (χ4v) is 4.86. The number of aryl methyl sites for hydroxylation is 1. The molecule has 35 heavy (non-hydrogen) atoms. The molecule has 0 N–H and O–H groups in total. The van der Waals surface area contributed by atoms with Gasteiger partial charge in [0.25, 0.3) is 5.56 Å². The minimum Gasteiger partial charge on any atom is -0.354 e. The Labute approximate surface area is 200 Å². The Hall–Kier alpha value is -3.33. The van der Waals surface area contributed by atoms with E-state index in [1.165, 1.54) is 0 Å². The van der Waals surface area contributed by atoms with Crippen LogP contribution in [0.25, 0.3) is 21.9 Å². The van der Waals surface area contributed by atoms with Crippen LogP contribution in [0.15, 0.2) is 51.8 Å². The highest BCUT2D eigenvalue weighted by molar-refractivity contribution is 5.88. The van der Waals surface area contributed by atoms with Gasteiger partial charge in [0.1, 0.15) is 6.54 Å². The predicted molar refractivity (Wildman–Crippen MR) is 130 cm³/mol. The summed E-state index contributed by atoms with van der Waals surface area (Å²) in [6.45, 7) is 6.41. The second-order valence-electron chi connectivity index (χ2n) is 9.19. The van der Waals surface area contributed by atoms with Crippen molar-refractivity contribution in [1.29, 1.82) is 0 Å². The number of anilines is 1. The summed E-state index contributed by atoms with van der Waals surface area (Å²) in [7, 11) is 0. The van der Waals surface area contributed by atoms with Crippen LogP contribution in [0.2, 0.25) is 0 Å². The molecule has 0 radical (unpaired) electrons. The molecule has 0 spiro atoms. The zero-order chi connectivity index (χ0) is 24.7. The quantitative estimate of drug-likeness (QED) is 0.412.